The van der Waals surface area contributed by atoms with E-state index in [4.69, 9.17) is 4.74 Å². The Kier molecular flexibility index (Phi) is 6.42. The maximum Gasteiger partial charge on any atom is 0.337 e. The molecule has 0 amide bonds. The lowest BCUT2D eigenvalue weighted by atomic mass is 9.82. The van der Waals surface area contributed by atoms with Gasteiger partial charge in [0.25, 0.3) is 0 Å². The van der Waals surface area contributed by atoms with Gasteiger partial charge in [-0.1, -0.05) is 19.9 Å². The summed E-state index contributed by atoms with van der Waals surface area (Å²) >= 11 is 0. The zero-order valence-electron chi connectivity index (χ0n) is 19.8. The van der Waals surface area contributed by atoms with Crippen LogP contribution in [0.5, 0.6) is 0 Å². The molecule has 0 unspecified atom stereocenters. The van der Waals surface area contributed by atoms with Crippen LogP contribution in [0.1, 0.15) is 70.5 Å². The van der Waals surface area contributed by atoms with E-state index in [0.717, 1.165) is 48.4 Å². The molecule has 2 aromatic rings. The smallest absolute Gasteiger partial charge is 0.337 e. The number of carbonyl (C=O) groups is 1. The Morgan fingerprint density at radius 1 is 1.13 bits per heavy atom. The molecular weight excluding hydrogens is 390 g/mol. The summed E-state index contributed by atoms with van der Waals surface area (Å²) in [6, 6.07) is 3.99. The van der Waals surface area contributed by atoms with Crippen molar-refractivity contribution in [2.75, 3.05) is 18.0 Å². The molecule has 0 bridgehead atoms. The monoisotopic (exact) mass is 425 g/mol. The van der Waals surface area contributed by atoms with Crippen LogP contribution in [-0.2, 0) is 9.53 Å². The predicted molar refractivity (Wildman–Crippen MR) is 123 cm³/mol. The van der Waals surface area contributed by atoms with Crippen LogP contribution in [0, 0.1) is 19.3 Å². The second-order valence-electron chi connectivity index (χ2n) is 10.3. The first-order valence-corrected chi connectivity index (χ1v) is 11.0. The van der Waals surface area contributed by atoms with Crippen molar-refractivity contribution in [3.8, 4) is 11.1 Å². The highest BCUT2D eigenvalue weighted by molar-refractivity contribution is 5.86. The van der Waals surface area contributed by atoms with Crippen molar-refractivity contribution in [3.63, 3.8) is 0 Å². The molecule has 3 heterocycles. The molecule has 1 saturated heterocycles. The molecule has 3 rings (SSSR count). The van der Waals surface area contributed by atoms with Gasteiger partial charge in [-0.2, -0.15) is 0 Å². The molecule has 0 aliphatic carbocycles. The lowest BCUT2D eigenvalue weighted by molar-refractivity contribution is -0.160. The average Bonchev–Trinajstić information content (AvgIpc) is 2.66. The molecule has 1 aliphatic heterocycles. The number of aromatic nitrogens is 2. The van der Waals surface area contributed by atoms with Crippen LogP contribution < -0.4 is 4.90 Å². The molecule has 1 atom stereocenters. The summed E-state index contributed by atoms with van der Waals surface area (Å²) in [6.07, 6.45) is 4.66. The van der Waals surface area contributed by atoms with Crippen LogP contribution in [0.2, 0.25) is 0 Å². The summed E-state index contributed by atoms with van der Waals surface area (Å²) in [4.78, 5) is 23.7. The molecule has 0 spiro atoms. The molecule has 1 fully saturated rings. The van der Waals surface area contributed by atoms with Gasteiger partial charge >= 0.3 is 5.97 Å². The molecule has 168 valence electrons. The van der Waals surface area contributed by atoms with E-state index >= 15 is 0 Å². The molecule has 31 heavy (non-hydrogen) atoms. The molecule has 0 saturated carbocycles. The number of carboxylic acid groups (broad SMARTS) is 1. The van der Waals surface area contributed by atoms with Crippen LogP contribution in [0.15, 0.2) is 24.5 Å². The summed E-state index contributed by atoms with van der Waals surface area (Å²) in [6.45, 7) is 15.7. The third kappa shape index (κ3) is 5.42. The summed E-state index contributed by atoms with van der Waals surface area (Å²) in [7, 11) is 0. The molecule has 0 radical (unpaired) electrons. The van der Waals surface area contributed by atoms with E-state index in [1.165, 1.54) is 0 Å². The van der Waals surface area contributed by atoms with Crippen molar-refractivity contribution < 1.29 is 14.6 Å². The quantitative estimate of drug-likeness (QED) is 0.698. The van der Waals surface area contributed by atoms with Crippen LogP contribution in [0.25, 0.3) is 11.1 Å². The zero-order chi connectivity index (χ0) is 23.0. The Morgan fingerprint density at radius 2 is 1.77 bits per heavy atom. The maximum absolute atomic E-state index is 12.4. The molecule has 0 aromatic carbocycles. The van der Waals surface area contributed by atoms with Gasteiger partial charge in [-0.15, -0.1) is 0 Å². The summed E-state index contributed by atoms with van der Waals surface area (Å²) in [5.41, 5.74) is 4.66. The standard InChI is InChI=1S/C25H35N3O3/c1-16-8-9-18(14-26-16)19-15-27-17(2)20(22(23(29)30)31-24(3,4)5)21(19)28-12-10-25(6,7)11-13-28/h8-9,14-15,22H,10-13H2,1-7H3,(H,29,30)/t22-/m0/s1. The number of hydrogen-bond donors (Lipinski definition) is 1. The number of rotatable bonds is 5. The number of carboxylic acids is 1. The second kappa shape index (κ2) is 8.58. The van der Waals surface area contributed by atoms with Crippen LogP contribution in [-0.4, -0.2) is 39.7 Å². The lowest BCUT2D eigenvalue weighted by Gasteiger charge is -2.40. The first kappa shape index (κ1) is 23.2. The summed E-state index contributed by atoms with van der Waals surface area (Å²) in [5, 5.41) is 10.1. The maximum atomic E-state index is 12.4. The third-order valence-corrected chi connectivity index (χ3v) is 5.90. The van der Waals surface area contributed by atoms with Gasteiger partial charge in [0.1, 0.15) is 0 Å². The van der Waals surface area contributed by atoms with Crippen LogP contribution >= 0.6 is 0 Å². The van der Waals surface area contributed by atoms with Crippen molar-refractivity contribution >= 4 is 11.7 Å². The number of aliphatic carboxylic acids is 1. The van der Waals surface area contributed by atoms with Gasteiger partial charge in [-0.25, -0.2) is 4.79 Å². The Morgan fingerprint density at radius 3 is 2.29 bits per heavy atom. The normalized spacial score (nSPS) is 17.5. The molecule has 6 nitrogen and oxygen atoms in total. The van der Waals surface area contributed by atoms with Crippen molar-refractivity contribution in [1.29, 1.82) is 0 Å². The van der Waals surface area contributed by atoms with Crippen molar-refractivity contribution in [2.45, 2.75) is 73.0 Å². The van der Waals surface area contributed by atoms with E-state index in [-0.39, 0.29) is 5.41 Å². The largest absolute Gasteiger partial charge is 0.479 e. The van der Waals surface area contributed by atoms with Crippen LogP contribution in [0.3, 0.4) is 0 Å². The summed E-state index contributed by atoms with van der Waals surface area (Å²) in [5.74, 6) is -1.00. The Bertz CT molecular complexity index is 936. The van der Waals surface area contributed by atoms with Gasteiger partial charge in [0.15, 0.2) is 6.10 Å². The first-order valence-electron chi connectivity index (χ1n) is 11.0. The van der Waals surface area contributed by atoms with Crippen molar-refractivity contribution in [3.05, 3.63) is 41.5 Å². The van der Waals surface area contributed by atoms with Crippen molar-refractivity contribution in [2.24, 2.45) is 5.41 Å². The highest BCUT2D eigenvalue weighted by Gasteiger charge is 2.35. The van der Waals surface area contributed by atoms with Gasteiger partial charge in [0.2, 0.25) is 0 Å². The lowest BCUT2D eigenvalue weighted by Crippen LogP contribution is -2.39. The highest BCUT2D eigenvalue weighted by Crippen LogP contribution is 2.43. The van der Waals surface area contributed by atoms with E-state index in [1.54, 1.807) is 0 Å². The zero-order valence-corrected chi connectivity index (χ0v) is 19.8. The number of ether oxygens (including phenoxy) is 1. The van der Waals surface area contributed by atoms with E-state index in [0.29, 0.717) is 11.3 Å². The number of piperidine rings is 1. The van der Waals surface area contributed by atoms with Crippen molar-refractivity contribution in [1.82, 2.24) is 9.97 Å². The SMILES string of the molecule is Cc1ccc(-c2cnc(C)c([C@H](OC(C)(C)C)C(=O)O)c2N2CCC(C)(C)CC2)cn1. The fourth-order valence-corrected chi connectivity index (χ4v) is 4.02. The minimum atomic E-state index is -1.10. The number of nitrogens with zero attached hydrogens (tertiary/aromatic N) is 3. The van der Waals surface area contributed by atoms with E-state index < -0.39 is 17.7 Å². The van der Waals surface area contributed by atoms with E-state index in [9.17, 15) is 9.90 Å². The predicted octanol–water partition coefficient (Wildman–Crippen LogP) is 5.33. The van der Waals surface area contributed by atoms with Crippen LogP contribution in [0.4, 0.5) is 5.69 Å². The number of aryl methyl sites for hydroxylation is 2. The van der Waals surface area contributed by atoms with Gasteiger partial charge in [0, 0.05) is 53.6 Å². The minimum absolute atomic E-state index is 0.276. The molecule has 6 heteroatoms. The minimum Gasteiger partial charge on any atom is -0.479 e. The van der Waals surface area contributed by atoms with Gasteiger partial charge in [-0.05, 0) is 58.9 Å². The van der Waals surface area contributed by atoms with Gasteiger partial charge in [0.05, 0.1) is 11.3 Å². The first-order chi connectivity index (χ1) is 14.4. The Labute approximate surface area is 185 Å². The molecule has 1 N–H and O–H groups in total. The second-order valence-corrected chi connectivity index (χ2v) is 10.3. The molecular formula is C25H35N3O3. The fraction of sp³-hybridized carbons (Fsp3) is 0.560. The topological polar surface area (TPSA) is 75.6 Å². The van der Waals surface area contributed by atoms with Gasteiger partial charge in [-0.3, -0.25) is 9.97 Å². The Hall–Kier alpha value is -2.47. The number of hydrogen-bond acceptors (Lipinski definition) is 5. The third-order valence-electron chi connectivity index (χ3n) is 5.90. The van der Waals surface area contributed by atoms with Gasteiger partial charge < -0.3 is 14.7 Å². The fourth-order valence-electron chi connectivity index (χ4n) is 4.02. The van der Waals surface area contributed by atoms with E-state index in [2.05, 4.69) is 28.7 Å². The molecule has 2 aromatic heterocycles. The Balaban J connectivity index is 2.22. The molecule has 1 aliphatic rings. The average molecular weight is 426 g/mol. The van der Waals surface area contributed by atoms with E-state index in [1.807, 2.05) is 59.1 Å². The summed E-state index contributed by atoms with van der Waals surface area (Å²) < 4.78 is 6.07. The highest BCUT2D eigenvalue weighted by atomic mass is 16.5. The number of pyridine rings is 2. The number of anilines is 1.